The van der Waals surface area contributed by atoms with Gasteiger partial charge in [0.1, 0.15) is 11.5 Å². The third kappa shape index (κ3) is 2.11. The first-order chi connectivity index (χ1) is 8.52. The van der Waals surface area contributed by atoms with E-state index in [2.05, 4.69) is 15.3 Å². The number of halogens is 4. The molecule has 2 rings (SSSR count). The highest BCUT2D eigenvalue weighted by Crippen LogP contribution is 2.26. The van der Waals surface area contributed by atoms with Gasteiger partial charge in [0, 0.05) is 18.7 Å². The van der Waals surface area contributed by atoms with Crippen LogP contribution in [0.25, 0.3) is 11.3 Å². The summed E-state index contributed by atoms with van der Waals surface area (Å²) in [5.41, 5.74) is -0.906. The standard InChI is InChI=1S/C11H7F4N3/c1-16-11-17-4-9(15)10(18-11)5-2-7(13)8(14)3-6(5)12/h2-4H,1H3,(H,16,17,18). The van der Waals surface area contributed by atoms with Crippen LogP contribution in [0, 0.1) is 23.3 Å². The lowest BCUT2D eigenvalue weighted by atomic mass is 10.1. The third-order valence-corrected chi connectivity index (χ3v) is 2.23. The van der Waals surface area contributed by atoms with Gasteiger partial charge in [-0.05, 0) is 6.07 Å². The summed E-state index contributed by atoms with van der Waals surface area (Å²) in [5.74, 6) is -4.63. The highest BCUT2D eigenvalue weighted by atomic mass is 19.2. The smallest absolute Gasteiger partial charge is 0.223 e. The van der Waals surface area contributed by atoms with Gasteiger partial charge in [-0.3, -0.25) is 0 Å². The maximum absolute atomic E-state index is 13.5. The van der Waals surface area contributed by atoms with Gasteiger partial charge < -0.3 is 5.32 Å². The lowest BCUT2D eigenvalue weighted by molar-refractivity contribution is 0.495. The Morgan fingerprint density at radius 1 is 0.944 bits per heavy atom. The van der Waals surface area contributed by atoms with E-state index in [1.165, 1.54) is 7.05 Å². The largest absolute Gasteiger partial charge is 0.357 e. The molecule has 1 N–H and O–H groups in total. The number of benzene rings is 1. The molecule has 0 aliphatic carbocycles. The molecule has 1 aromatic heterocycles. The van der Waals surface area contributed by atoms with E-state index >= 15 is 0 Å². The molecule has 1 heterocycles. The number of rotatable bonds is 2. The van der Waals surface area contributed by atoms with Gasteiger partial charge in [0.2, 0.25) is 5.95 Å². The van der Waals surface area contributed by atoms with Crippen LogP contribution >= 0.6 is 0 Å². The Kier molecular flexibility index (Phi) is 3.14. The number of nitrogens with one attached hydrogen (secondary N) is 1. The number of aromatic nitrogens is 2. The zero-order valence-corrected chi connectivity index (χ0v) is 9.14. The predicted octanol–water partition coefficient (Wildman–Crippen LogP) is 2.74. The molecular formula is C11H7F4N3. The van der Waals surface area contributed by atoms with E-state index in [-0.39, 0.29) is 5.95 Å². The van der Waals surface area contributed by atoms with E-state index in [9.17, 15) is 17.6 Å². The Morgan fingerprint density at radius 2 is 1.61 bits per heavy atom. The van der Waals surface area contributed by atoms with Crippen LogP contribution in [0.15, 0.2) is 18.3 Å². The Bertz CT molecular complexity index is 601. The summed E-state index contributed by atoms with van der Waals surface area (Å²) in [7, 11) is 1.48. The molecule has 94 valence electrons. The van der Waals surface area contributed by atoms with Crippen LogP contribution in [-0.2, 0) is 0 Å². The van der Waals surface area contributed by atoms with Crippen molar-refractivity contribution < 1.29 is 17.6 Å². The van der Waals surface area contributed by atoms with Crippen molar-refractivity contribution in [2.75, 3.05) is 12.4 Å². The van der Waals surface area contributed by atoms with Crippen molar-refractivity contribution >= 4 is 5.95 Å². The maximum Gasteiger partial charge on any atom is 0.223 e. The van der Waals surface area contributed by atoms with Gasteiger partial charge in [-0.2, -0.15) is 0 Å². The Hall–Kier alpha value is -2.18. The van der Waals surface area contributed by atoms with E-state index in [0.717, 1.165) is 6.20 Å². The summed E-state index contributed by atoms with van der Waals surface area (Å²) in [6.07, 6.45) is 0.814. The fraction of sp³-hybridized carbons (Fsp3) is 0.0909. The first-order valence-corrected chi connectivity index (χ1v) is 4.88. The van der Waals surface area contributed by atoms with Gasteiger partial charge >= 0.3 is 0 Å². The minimum absolute atomic E-state index is 0.0375. The van der Waals surface area contributed by atoms with Crippen LogP contribution < -0.4 is 5.32 Å². The fourth-order valence-corrected chi connectivity index (χ4v) is 1.38. The van der Waals surface area contributed by atoms with E-state index in [1.54, 1.807) is 0 Å². The zero-order chi connectivity index (χ0) is 13.3. The Labute approximate surface area is 99.5 Å². The van der Waals surface area contributed by atoms with Gasteiger partial charge in [0.25, 0.3) is 0 Å². The van der Waals surface area contributed by atoms with Gasteiger partial charge in [0.15, 0.2) is 17.5 Å². The summed E-state index contributed by atoms with van der Waals surface area (Å²) < 4.78 is 52.7. The van der Waals surface area contributed by atoms with Crippen molar-refractivity contribution in [3.8, 4) is 11.3 Å². The van der Waals surface area contributed by atoms with Gasteiger partial charge in [0.05, 0.1) is 6.20 Å². The highest BCUT2D eigenvalue weighted by molar-refractivity contribution is 5.61. The number of anilines is 1. The SMILES string of the molecule is CNc1ncc(F)c(-c2cc(F)c(F)cc2F)n1. The molecule has 0 radical (unpaired) electrons. The van der Waals surface area contributed by atoms with E-state index < -0.39 is 34.5 Å². The molecular weight excluding hydrogens is 250 g/mol. The van der Waals surface area contributed by atoms with Crippen LogP contribution in [0.5, 0.6) is 0 Å². The molecule has 18 heavy (non-hydrogen) atoms. The molecule has 1 aromatic carbocycles. The van der Waals surface area contributed by atoms with Crippen molar-refractivity contribution in [1.29, 1.82) is 0 Å². The second kappa shape index (κ2) is 4.59. The first-order valence-electron chi connectivity index (χ1n) is 4.88. The molecule has 0 amide bonds. The molecule has 0 spiro atoms. The molecule has 0 saturated carbocycles. The first kappa shape index (κ1) is 12.3. The molecule has 0 aliphatic rings. The quantitative estimate of drug-likeness (QED) is 0.664. The van der Waals surface area contributed by atoms with Crippen LogP contribution in [0.1, 0.15) is 0 Å². The second-order valence-corrected chi connectivity index (χ2v) is 3.39. The van der Waals surface area contributed by atoms with Crippen molar-refractivity contribution in [2.24, 2.45) is 0 Å². The van der Waals surface area contributed by atoms with E-state index in [0.29, 0.717) is 12.1 Å². The average molecular weight is 257 g/mol. The van der Waals surface area contributed by atoms with Gasteiger partial charge in [-0.1, -0.05) is 0 Å². The topological polar surface area (TPSA) is 37.8 Å². The second-order valence-electron chi connectivity index (χ2n) is 3.39. The minimum Gasteiger partial charge on any atom is -0.357 e. The summed E-state index contributed by atoms with van der Waals surface area (Å²) >= 11 is 0. The molecule has 0 saturated heterocycles. The predicted molar refractivity (Wildman–Crippen MR) is 56.8 cm³/mol. The zero-order valence-electron chi connectivity index (χ0n) is 9.14. The van der Waals surface area contributed by atoms with Crippen LogP contribution in [0.2, 0.25) is 0 Å². The molecule has 0 fully saturated rings. The average Bonchev–Trinajstić information content (AvgIpc) is 2.35. The lowest BCUT2D eigenvalue weighted by Gasteiger charge is -2.06. The molecule has 0 unspecified atom stereocenters. The lowest BCUT2D eigenvalue weighted by Crippen LogP contribution is -2.01. The normalized spacial score (nSPS) is 10.5. The van der Waals surface area contributed by atoms with Crippen LogP contribution in [0.4, 0.5) is 23.5 Å². The summed E-state index contributed by atoms with van der Waals surface area (Å²) in [6.45, 7) is 0. The van der Waals surface area contributed by atoms with Crippen LogP contribution in [-0.4, -0.2) is 17.0 Å². The monoisotopic (exact) mass is 257 g/mol. The number of hydrogen-bond acceptors (Lipinski definition) is 3. The van der Waals surface area contributed by atoms with E-state index in [1.807, 2.05) is 0 Å². The summed E-state index contributed by atoms with van der Waals surface area (Å²) in [4.78, 5) is 7.23. The molecule has 0 bridgehead atoms. The Balaban J connectivity index is 2.64. The minimum atomic E-state index is -1.35. The molecule has 3 nitrogen and oxygen atoms in total. The van der Waals surface area contributed by atoms with Crippen molar-refractivity contribution in [3.63, 3.8) is 0 Å². The number of hydrogen-bond donors (Lipinski definition) is 1. The van der Waals surface area contributed by atoms with Crippen molar-refractivity contribution in [2.45, 2.75) is 0 Å². The van der Waals surface area contributed by atoms with Crippen LogP contribution in [0.3, 0.4) is 0 Å². The fourth-order valence-electron chi connectivity index (χ4n) is 1.38. The van der Waals surface area contributed by atoms with E-state index in [4.69, 9.17) is 0 Å². The molecule has 0 atom stereocenters. The molecule has 0 aliphatic heterocycles. The maximum atomic E-state index is 13.5. The highest BCUT2D eigenvalue weighted by Gasteiger charge is 2.17. The van der Waals surface area contributed by atoms with Gasteiger partial charge in [-0.15, -0.1) is 0 Å². The van der Waals surface area contributed by atoms with Crippen molar-refractivity contribution in [3.05, 3.63) is 41.6 Å². The third-order valence-electron chi connectivity index (χ3n) is 2.23. The van der Waals surface area contributed by atoms with Crippen molar-refractivity contribution in [1.82, 2.24) is 9.97 Å². The Morgan fingerprint density at radius 3 is 2.28 bits per heavy atom. The van der Waals surface area contributed by atoms with Gasteiger partial charge in [-0.25, -0.2) is 27.5 Å². The summed E-state index contributed by atoms with van der Waals surface area (Å²) in [5, 5.41) is 2.53. The summed E-state index contributed by atoms with van der Waals surface area (Å²) in [6, 6.07) is 0.890. The molecule has 7 heteroatoms. The molecule has 2 aromatic rings. The number of nitrogens with zero attached hydrogens (tertiary/aromatic N) is 2.